The first-order valence-electron chi connectivity index (χ1n) is 4.70. The standard InChI is InChI=1S/C9H18O6/c1-7(12)5(4-10)15-6(11)8(2,13)9(7,3)14/h5-6,10-14H,4H2,1-3H3/t5-,6-,7-,8+,9-/m0/s1. The SMILES string of the molecule is C[C@]1(O)[C@@](C)(O)[C@H](CO)O[C@H](O)[C@@]1(C)O. The van der Waals surface area contributed by atoms with Gasteiger partial charge < -0.3 is 30.3 Å². The number of hydrogen-bond acceptors (Lipinski definition) is 6. The van der Waals surface area contributed by atoms with Crippen LogP contribution in [-0.4, -0.2) is 61.3 Å². The van der Waals surface area contributed by atoms with Crippen LogP contribution in [0, 0.1) is 0 Å². The Balaban J connectivity index is 3.16. The van der Waals surface area contributed by atoms with E-state index in [0.717, 1.165) is 6.92 Å². The van der Waals surface area contributed by atoms with Gasteiger partial charge in [-0.1, -0.05) is 0 Å². The highest BCUT2D eigenvalue weighted by atomic mass is 16.6. The van der Waals surface area contributed by atoms with Gasteiger partial charge in [0.25, 0.3) is 0 Å². The molecule has 0 amide bonds. The zero-order chi connectivity index (χ0) is 12.1. The minimum absolute atomic E-state index is 0.573. The van der Waals surface area contributed by atoms with E-state index in [1.54, 1.807) is 0 Å². The van der Waals surface area contributed by atoms with Gasteiger partial charge in [0.2, 0.25) is 0 Å². The van der Waals surface area contributed by atoms with Gasteiger partial charge in [-0.25, -0.2) is 0 Å². The molecule has 90 valence electrons. The van der Waals surface area contributed by atoms with Crippen molar-refractivity contribution in [3.8, 4) is 0 Å². The Hall–Kier alpha value is -0.240. The summed E-state index contributed by atoms with van der Waals surface area (Å²) in [5.74, 6) is 0. The molecule has 0 aromatic rings. The van der Waals surface area contributed by atoms with Crippen molar-refractivity contribution in [3.05, 3.63) is 0 Å². The predicted molar refractivity (Wildman–Crippen MR) is 49.8 cm³/mol. The first-order chi connectivity index (χ1) is 6.59. The molecule has 0 aromatic heterocycles. The van der Waals surface area contributed by atoms with Crippen molar-refractivity contribution < 1.29 is 30.3 Å². The maximum Gasteiger partial charge on any atom is 0.187 e. The molecule has 5 atom stereocenters. The van der Waals surface area contributed by atoms with E-state index in [1.165, 1.54) is 13.8 Å². The molecule has 1 heterocycles. The predicted octanol–water partition coefficient (Wildman–Crippen LogP) is -2.05. The summed E-state index contributed by atoms with van der Waals surface area (Å²) in [5, 5.41) is 48.3. The van der Waals surface area contributed by atoms with E-state index in [1.807, 2.05) is 0 Å². The second-order valence-electron chi connectivity index (χ2n) is 4.53. The van der Waals surface area contributed by atoms with Crippen LogP contribution in [0.15, 0.2) is 0 Å². The molecule has 1 rings (SSSR count). The molecule has 1 saturated heterocycles. The van der Waals surface area contributed by atoms with Crippen LogP contribution >= 0.6 is 0 Å². The van der Waals surface area contributed by atoms with Crippen molar-refractivity contribution in [1.29, 1.82) is 0 Å². The van der Waals surface area contributed by atoms with Crippen molar-refractivity contribution in [2.75, 3.05) is 6.61 Å². The average molecular weight is 222 g/mol. The van der Waals surface area contributed by atoms with Crippen molar-refractivity contribution in [2.24, 2.45) is 0 Å². The monoisotopic (exact) mass is 222 g/mol. The quantitative estimate of drug-likeness (QED) is 0.349. The molecule has 15 heavy (non-hydrogen) atoms. The lowest BCUT2D eigenvalue weighted by atomic mass is 9.68. The van der Waals surface area contributed by atoms with Gasteiger partial charge in [0.15, 0.2) is 6.29 Å². The van der Waals surface area contributed by atoms with E-state index in [2.05, 4.69) is 0 Å². The Bertz CT molecular complexity index is 247. The maximum absolute atomic E-state index is 10.1. The van der Waals surface area contributed by atoms with Crippen LogP contribution in [0.4, 0.5) is 0 Å². The van der Waals surface area contributed by atoms with Gasteiger partial charge in [-0.15, -0.1) is 0 Å². The van der Waals surface area contributed by atoms with Gasteiger partial charge in [-0.2, -0.15) is 0 Å². The van der Waals surface area contributed by atoms with Crippen molar-refractivity contribution in [3.63, 3.8) is 0 Å². The smallest absolute Gasteiger partial charge is 0.187 e. The minimum atomic E-state index is -2.03. The third kappa shape index (κ3) is 1.49. The zero-order valence-electron chi connectivity index (χ0n) is 9.01. The number of ether oxygens (including phenoxy) is 1. The molecule has 0 bridgehead atoms. The molecular weight excluding hydrogens is 204 g/mol. The highest BCUT2D eigenvalue weighted by molar-refractivity contribution is 5.13. The summed E-state index contributed by atoms with van der Waals surface area (Å²) in [6.07, 6.45) is -2.84. The van der Waals surface area contributed by atoms with Crippen molar-refractivity contribution in [1.82, 2.24) is 0 Å². The summed E-state index contributed by atoms with van der Waals surface area (Å²) in [7, 11) is 0. The van der Waals surface area contributed by atoms with Crippen LogP contribution in [0.5, 0.6) is 0 Å². The minimum Gasteiger partial charge on any atom is -0.394 e. The Morgan fingerprint density at radius 2 is 1.53 bits per heavy atom. The van der Waals surface area contributed by atoms with Crippen LogP contribution in [0.25, 0.3) is 0 Å². The third-order valence-electron chi connectivity index (χ3n) is 3.54. The highest BCUT2D eigenvalue weighted by Crippen LogP contribution is 2.43. The van der Waals surface area contributed by atoms with Crippen LogP contribution in [0.2, 0.25) is 0 Å². The van der Waals surface area contributed by atoms with Gasteiger partial charge >= 0.3 is 0 Å². The van der Waals surface area contributed by atoms with Crippen LogP contribution in [0.3, 0.4) is 0 Å². The first-order valence-corrected chi connectivity index (χ1v) is 4.70. The second-order valence-corrected chi connectivity index (χ2v) is 4.53. The highest BCUT2D eigenvalue weighted by Gasteiger charge is 2.65. The number of rotatable bonds is 1. The maximum atomic E-state index is 10.1. The molecular formula is C9H18O6. The van der Waals surface area contributed by atoms with E-state index < -0.39 is 35.8 Å². The molecule has 0 aromatic carbocycles. The Morgan fingerprint density at radius 1 is 1.07 bits per heavy atom. The molecule has 0 unspecified atom stereocenters. The summed E-state index contributed by atoms with van der Waals surface area (Å²) < 4.78 is 4.85. The molecule has 1 aliphatic heterocycles. The molecule has 6 nitrogen and oxygen atoms in total. The molecule has 0 aliphatic carbocycles. The number of aliphatic hydroxyl groups is 5. The molecule has 0 saturated carbocycles. The van der Waals surface area contributed by atoms with Gasteiger partial charge in [0.1, 0.15) is 22.9 Å². The van der Waals surface area contributed by atoms with Crippen LogP contribution in [0.1, 0.15) is 20.8 Å². The fourth-order valence-corrected chi connectivity index (χ4v) is 1.71. The van der Waals surface area contributed by atoms with E-state index in [-0.39, 0.29) is 0 Å². The summed E-state index contributed by atoms with van der Waals surface area (Å²) >= 11 is 0. The fraction of sp³-hybridized carbons (Fsp3) is 1.00. The summed E-state index contributed by atoms with van der Waals surface area (Å²) in [5.41, 5.74) is -5.91. The van der Waals surface area contributed by atoms with E-state index in [4.69, 9.17) is 9.84 Å². The van der Waals surface area contributed by atoms with Crippen molar-refractivity contribution >= 4 is 0 Å². The number of aliphatic hydroxyl groups excluding tert-OH is 2. The zero-order valence-corrected chi connectivity index (χ0v) is 9.01. The van der Waals surface area contributed by atoms with E-state index in [9.17, 15) is 20.4 Å². The van der Waals surface area contributed by atoms with E-state index in [0.29, 0.717) is 0 Å². The summed E-state index contributed by atoms with van der Waals surface area (Å²) in [4.78, 5) is 0. The van der Waals surface area contributed by atoms with E-state index >= 15 is 0 Å². The molecule has 1 fully saturated rings. The van der Waals surface area contributed by atoms with Gasteiger partial charge in [0, 0.05) is 0 Å². The van der Waals surface area contributed by atoms with Gasteiger partial charge in [-0.05, 0) is 20.8 Å². The van der Waals surface area contributed by atoms with Crippen LogP contribution < -0.4 is 0 Å². The summed E-state index contributed by atoms with van der Waals surface area (Å²) in [6.45, 7) is 2.99. The molecule has 1 aliphatic rings. The lowest BCUT2D eigenvalue weighted by Crippen LogP contribution is -2.77. The van der Waals surface area contributed by atoms with Crippen molar-refractivity contribution in [2.45, 2.75) is 50.0 Å². The Kier molecular flexibility index (Phi) is 2.89. The van der Waals surface area contributed by atoms with Crippen LogP contribution in [-0.2, 0) is 4.74 Å². The summed E-state index contributed by atoms with van der Waals surface area (Å²) in [6, 6.07) is 0. The topological polar surface area (TPSA) is 110 Å². The molecule has 0 radical (unpaired) electrons. The average Bonchev–Trinajstić information content (AvgIpc) is 2.10. The third-order valence-corrected chi connectivity index (χ3v) is 3.54. The first kappa shape index (κ1) is 12.8. The fourth-order valence-electron chi connectivity index (χ4n) is 1.71. The second kappa shape index (κ2) is 3.38. The Labute approximate surface area is 87.7 Å². The lowest BCUT2D eigenvalue weighted by Gasteiger charge is -2.56. The lowest BCUT2D eigenvalue weighted by molar-refractivity contribution is -0.382. The van der Waals surface area contributed by atoms with Gasteiger partial charge in [0.05, 0.1) is 6.61 Å². The number of hydrogen-bond donors (Lipinski definition) is 5. The van der Waals surface area contributed by atoms with Gasteiger partial charge in [-0.3, -0.25) is 0 Å². The largest absolute Gasteiger partial charge is 0.394 e. The molecule has 5 N–H and O–H groups in total. The normalized spacial score (nSPS) is 56.8. The molecule has 0 spiro atoms. The molecule has 6 heteroatoms. The Morgan fingerprint density at radius 3 is 1.93 bits per heavy atom.